The minimum atomic E-state index is -0.691. The molecule has 1 heterocycles. The van der Waals surface area contributed by atoms with E-state index in [0.717, 1.165) is 0 Å². The number of rotatable bonds is 8. The standard InChI is InChI=1S/C18H21N3O4/c1-13(22)15-6-3-7-16(12-15)25-14(2)17(23)19-8-4-10-21-11-5-9-20-18(21)24/h3,5-7,9,11-12,14H,4,8,10H2,1-2H3,(H,19,23)/t14-/m0/s1. The molecule has 2 rings (SSSR count). The van der Waals surface area contributed by atoms with E-state index >= 15 is 0 Å². The lowest BCUT2D eigenvalue weighted by Gasteiger charge is -2.15. The van der Waals surface area contributed by atoms with Crippen molar-refractivity contribution in [1.82, 2.24) is 14.9 Å². The van der Waals surface area contributed by atoms with E-state index in [9.17, 15) is 14.4 Å². The number of nitrogens with zero attached hydrogens (tertiary/aromatic N) is 2. The predicted molar refractivity (Wildman–Crippen MR) is 92.7 cm³/mol. The second kappa shape index (κ2) is 8.77. The van der Waals surface area contributed by atoms with Gasteiger partial charge in [-0.2, -0.15) is 0 Å². The molecule has 1 aromatic heterocycles. The lowest BCUT2D eigenvalue weighted by Crippen LogP contribution is -2.37. The molecule has 0 bridgehead atoms. The first-order chi connectivity index (χ1) is 12.0. The number of aromatic nitrogens is 2. The Balaban J connectivity index is 1.78. The molecule has 132 valence electrons. The summed E-state index contributed by atoms with van der Waals surface area (Å²) in [6.07, 6.45) is 3.01. The van der Waals surface area contributed by atoms with E-state index < -0.39 is 6.10 Å². The Hall–Kier alpha value is -2.96. The van der Waals surface area contributed by atoms with Crippen molar-refractivity contribution in [3.05, 3.63) is 58.8 Å². The molecule has 0 aliphatic carbocycles. The second-order valence-corrected chi connectivity index (χ2v) is 5.58. The summed E-state index contributed by atoms with van der Waals surface area (Å²) in [6.45, 7) is 4.01. The zero-order valence-corrected chi connectivity index (χ0v) is 14.3. The van der Waals surface area contributed by atoms with Crippen molar-refractivity contribution in [3.63, 3.8) is 0 Å². The fourth-order valence-corrected chi connectivity index (χ4v) is 2.21. The third-order valence-corrected chi connectivity index (χ3v) is 3.58. The van der Waals surface area contributed by atoms with E-state index in [1.807, 2.05) is 0 Å². The predicted octanol–water partition coefficient (Wildman–Crippen LogP) is 1.42. The van der Waals surface area contributed by atoms with Gasteiger partial charge in [0.05, 0.1) is 0 Å². The van der Waals surface area contributed by atoms with Gasteiger partial charge in [-0.05, 0) is 38.5 Å². The number of ketones is 1. The Morgan fingerprint density at radius 2 is 2.12 bits per heavy atom. The van der Waals surface area contributed by atoms with Gasteiger partial charge in [0.25, 0.3) is 5.91 Å². The maximum absolute atomic E-state index is 12.1. The third-order valence-electron chi connectivity index (χ3n) is 3.58. The summed E-state index contributed by atoms with van der Waals surface area (Å²) in [5.41, 5.74) is 0.225. The smallest absolute Gasteiger partial charge is 0.347 e. The molecule has 0 saturated carbocycles. The number of aryl methyl sites for hydroxylation is 1. The normalized spacial score (nSPS) is 11.6. The number of ether oxygens (including phenoxy) is 1. The van der Waals surface area contributed by atoms with Gasteiger partial charge in [-0.15, -0.1) is 0 Å². The highest BCUT2D eigenvalue weighted by atomic mass is 16.5. The lowest BCUT2D eigenvalue weighted by molar-refractivity contribution is -0.127. The first-order valence-corrected chi connectivity index (χ1v) is 8.04. The molecule has 1 aromatic carbocycles. The van der Waals surface area contributed by atoms with E-state index in [-0.39, 0.29) is 17.4 Å². The minimum absolute atomic E-state index is 0.0619. The van der Waals surface area contributed by atoms with Crippen LogP contribution in [0.3, 0.4) is 0 Å². The molecule has 25 heavy (non-hydrogen) atoms. The number of hydrogen-bond acceptors (Lipinski definition) is 5. The number of hydrogen-bond donors (Lipinski definition) is 1. The van der Waals surface area contributed by atoms with Crippen LogP contribution in [0.2, 0.25) is 0 Å². The van der Waals surface area contributed by atoms with Gasteiger partial charge < -0.3 is 10.1 Å². The molecule has 0 aliphatic rings. The van der Waals surface area contributed by atoms with Crippen LogP contribution in [-0.2, 0) is 11.3 Å². The molecule has 0 unspecified atom stereocenters. The first kappa shape index (κ1) is 18.4. The SMILES string of the molecule is CC(=O)c1cccc(O[C@@H](C)C(=O)NCCCn2cccnc2=O)c1. The quantitative estimate of drug-likeness (QED) is 0.578. The van der Waals surface area contributed by atoms with Crippen LogP contribution in [0.1, 0.15) is 30.6 Å². The van der Waals surface area contributed by atoms with Gasteiger partial charge in [0.15, 0.2) is 11.9 Å². The second-order valence-electron chi connectivity index (χ2n) is 5.58. The molecule has 7 nitrogen and oxygen atoms in total. The highest BCUT2D eigenvalue weighted by molar-refractivity contribution is 5.94. The number of benzene rings is 1. The topological polar surface area (TPSA) is 90.3 Å². The molecular formula is C18H21N3O4. The van der Waals surface area contributed by atoms with Crippen LogP contribution in [0, 0.1) is 0 Å². The van der Waals surface area contributed by atoms with Crippen molar-refractivity contribution in [2.24, 2.45) is 0 Å². The molecule has 0 fully saturated rings. The van der Waals surface area contributed by atoms with Gasteiger partial charge in [0, 0.05) is 31.0 Å². The highest BCUT2D eigenvalue weighted by Gasteiger charge is 2.14. The minimum Gasteiger partial charge on any atom is -0.481 e. The Kier molecular flexibility index (Phi) is 6.45. The van der Waals surface area contributed by atoms with Crippen LogP contribution >= 0.6 is 0 Å². The lowest BCUT2D eigenvalue weighted by atomic mass is 10.1. The monoisotopic (exact) mass is 343 g/mol. The zero-order chi connectivity index (χ0) is 18.2. The maximum atomic E-state index is 12.1. The molecule has 0 radical (unpaired) electrons. The molecule has 0 spiro atoms. The largest absolute Gasteiger partial charge is 0.481 e. The van der Waals surface area contributed by atoms with Crippen molar-refractivity contribution in [2.45, 2.75) is 32.9 Å². The van der Waals surface area contributed by atoms with Gasteiger partial charge in [-0.3, -0.25) is 14.2 Å². The third kappa shape index (κ3) is 5.56. The van der Waals surface area contributed by atoms with E-state index in [0.29, 0.717) is 30.8 Å². The average Bonchev–Trinajstić information content (AvgIpc) is 2.60. The van der Waals surface area contributed by atoms with Gasteiger partial charge >= 0.3 is 5.69 Å². The summed E-state index contributed by atoms with van der Waals surface area (Å²) in [5.74, 6) is 0.150. The molecular weight excluding hydrogens is 322 g/mol. The first-order valence-electron chi connectivity index (χ1n) is 8.04. The molecule has 1 N–H and O–H groups in total. The van der Waals surface area contributed by atoms with E-state index in [1.54, 1.807) is 43.5 Å². The van der Waals surface area contributed by atoms with Crippen LogP contribution in [0.5, 0.6) is 5.75 Å². The van der Waals surface area contributed by atoms with Crippen molar-refractivity contribution in [3.8, 4) is 5.75 Å². The number of carbonyl (C=O) groups excluding carboxylic acids is 2. The summed E-state index contributed by atoms with van der Waals surface area (Å²) in [4.78, 5) is 38.5. The van der Waals surface area contributed by atoms with Crippen LogP contribution in [0.15, 0.2) is 47.5 Å². The summed E-state index contributed by atoms with van der Waals surface area (Å²) in [6, 6.07) is 8.40. The van der Waals surface area contributed by atoms with Gasteiger partial charge in [-0.1, -0.05) is 12.1 Å². The fourth-order valence-electron chi connectivity index (χ4n) is 2.21. The van der Waals surface area contributed by atoms with Gasteiger partial charge in [-0.25, -0.2) is 9.78 Å². The summed E-state index contributed by atoms with van der Waals surface area (Å²) in [7, 11) is 0. The number of Topliss-reactive ketones (excluding diaryl/α,β-unsaturated/α-hetero) is 1. The van der Waals surface area contributed by atoms with Crippen molar-refractivity contribution < 1.29 is 14.3 Å². The number of nitrogens with one attached hydrogen (secondary N) is 1. The molecule has 2 aromatic rings. The maximum Gasteiger partial charge on any atom is 0.347 e. The van der Waals surface area contributed by atoms with Crippen LogP contribution < -0.4 is 15.7 Å². The Bertz CT molecular complexity index is 801. The van der Waals surface area contributed by atoms with Crippen LogP contribution in [0.4, 0.5) is 0 Å². The summed E-state index contributed by atoms with van der Waals surface area (Å²) < 4.78 is 7.06. The zero-order valence-electron chi connectivity index (χ0n) is 14.3. The number of carbonyl (C=O) groups is 2. The highest BCUT2D eigenvalue weighted by Crippen LogP contribution is 2.15. The van der Waals surface area contributed by atoms with E-state index in [4.69, 9.17) is 4.74 Å². The van der Waals surface area contributed by atoms with E-state index in [2.05, 4.69) is 10.3 Å². The van der Waals surface area contributed by atoms with Crippen LogP contribution in [0.25, 0.3) is 0 Å². The summed E-state index contributed by atoms with van der Waals surface area (Å²) in [5, 5.41) is 2.76. The molecule has 0 aliphatic heterocycles. The van der Waals surface area contributed by atoms with E-state index in [1.165, 1.54) is 17.7 Å². The molecule has 0 saturated heterocycles. The Morgan fingerprint density at radius 3 is 2.84 bits per heavy atom. The van der Waals surface area contributed by atoms with Crippen molar-refractivity contribution >= 4 is 11.7 Å². The molecule has 1 amide bonds. The van der Waals surface area contributed by atoms with Crippen molar-refractivity contribution in [2.75, 3.05) is 6.54 Å². The van der Waals surface area contributed by atoms with Crippen LogP contribution in [-0.4, -0.2) is 33.9 Å². The van der Waals surface area contributed by atoms with Gasteiger partial charge in [0.2, 0.25) is 0 Å². The molecule has 1 atom stereocenters. The fraction of sp³-hybridized carbons (Fsp3) is 0.333. The van der Waals surface area contributed by atoms with Crippen molar-refractivity contribution in [1.29, 1.82) is 0 Å². The van der Waals surface area contributed by atoms with Gasteiger partial charge in [0.1, 0.15) is 5.75 Å². The Labute approximate surface area is 145 Å². The average molecular weight is 343 g/mol. The molecule has 7 heteroatoms. The Morgan fingerprint density at radius 1 is 1.32 bits per heavy atom. The summed E-state index contributed by atoms with van der Waals surface area (Å²) >= 11 is 0. The number of amides is 1.